The third kappa shape index (κ3) is 3.49. The van der Waals surface area contributed by atoms with Crippen molar-refractivity contribution in [2.75, 3.05) is 13.1 Å². The van der Waals surface area contributed by atoms with E-state index in [2.05, 4.69) is 32.4 Å². The highest BCUT2D eigenvalue weighted by Crippen LogP contribution is 2.28. The van der Waals surface area contributed by atoms with Gasteiger partial charge in [-0.3, -0.25) is 4.90 Å². The first-order valence-electron chi connectivity index (χ1n) is 7.71. The number of piperidine rings is 1. The largest absolute Gasteiger partial charge is 0.424 e. The number of aromatic nitrogens is 3. The van der Waals surface area contributed by atoms with Crippen molar-refractivity contribution in [1.29, 1.82) is 0 Å². The van der Waals surface area contributed by atoms with Crippen LogP contribution in [0.4, 0.5) is 0 Å². The van der Waals surface area contributed by atoms with Crippen molar-refractivity contribution in [2.45, 2.75) is 45.6 Å². The zero-order chi connectivity index (χ0) is 14.7. The number of thiazole rings is 1. The SMILES string of the molecule is CCc1nnc(C(C)N2CCC(Cc3nccs3)CC2)o1. The first kappa shape index (κ1) is 14.7. The molecule has 0 spiro atoms. The molecule has 0 aliphatic carbocycles. The molecule has 3 rings (SSSR count). The van der Waals surface area contributed by atoms with Gasteiger partial charge < -0.3 is 4.42 Å². The Kier molecular flexibility index (Phi) is 4.65. The fraction of sp³-hybridized carbons (Fsp3) is 0.667. The van der Waals surface area contributed by atoms with Crippen molar-refractivity contribution in [3.63, 3.8) is 0 Å². The average Bonchev–Trinajstić information content (AvgIpc) is 3.18. The molecule has 1 aliphatic rings. The van der Waals surface area contributed by atoms with Gasteiger partial charge in [-0.1, -0.05) is 6.92 Å². The molecule has 2 aromatic rings. The first-order valence-corrected chi connectivity index (χ1v) is 8.59. The summed E-state index contributed by atoms with van der Waals surface area (Å²) in [6.45, 7) is 6.39. The molecule has 1 fully saturated rings. The molecular weight excluding hydrogens is 284 g/mol. The lowest BCUT2D eigenvalue weighted by Gasteiger charge is -2.34. The Labute approximate surface area is 129 Å². The lowest BCUT2D eigenvalue weighted by molar-refractivity contribution is 0.123. The third-order valence-corrected chi connectivity index (χ3v) is 5.09. The van der Waals surface area contributed by atoms with E-state index in [4.69, 9.17) is 4.42 Å². The predicted molar refractivity (Wildman–Crippen MR) is 82.2 cm³/mol. The lowest BCUT2D eigenvalue weighted by Crippen LogP contribution is -2.36. The van der Waals surface area contributed by atoms with Crippen LogP contribution < -0.4 is 0 Å². The van der Waals surface area contributed by atoms with Gasteiger partial charge in [0.2, 0.25) is 11.8 Å². The molecular formula is C15H22N4OS. The highest BCUT2D eigenvalue weighted by Gasteiger charge is 2.26. The summed E-state index contributed by atoms with van der Waals surface area (Å²) in [6.07, 6.45) is 6.27. The quantitative estimate of drug-likeness (QED) is 0.849. The van der Waals surface area contributed by atoms with E-state index in [1.807, 2.05) is 13.1 Å². The van der Waals surface area contributed by atoms with Crippen LogP contribution in [0, 0.1) is 5.92 Å². The topological polar surface area (TPSA) is 55.1 Å². The predicted octanol–water partition coefficient (Wildman–Crippen LogP) is 3.10. The summed E-state index contributed by atoms with van der Waals surface area (Å²) in [5, 5.41) is 11.6. The van der Waals surface area contributed by atoms with Crippen molar-refractivity contribution in [1.82, 2.24) is 20.1 Å². The summed E-state index contributed by atoms with van der Waals surface area (Å²) in [6, 6.07) is 0.221. The number of likely N-dealkylation sites (tertiary alicyclic amines) is 1. The van der Waals surface area contributed by atoms with Crippen LogP contribution in [-0.2, 0) is 12.8 Å². The minimum Gasteiger partial charge on any atom is -0.424 e. The van der Waals surface area contributed by atoms with Crippen LogP contribution in [0.1, 0.15) is 49.5 Å². The van der Waals surface area contributed by atoms with E-state index >= 15 is 0 Å². The molecule has 1 aliphatic heterocycles. The molecule has 0 bridgehead atoms. The molecule has 1 atom stereocenters. The number of nitrogens with zero attached hydrogens (tertiary/aromatic N) is 4. The van der Waals surface area contributed by atoms with Gasteiger partial charge in [0.05, 0.1) is 11.0 Å². The van der Waals surface area contributed by atoms with Gasteiger partial charge in [-0.25, -0.2) is 4.98 Å². The van der Waals surface area contributed by atoms with Gasteiger partial charge in [0.1, 0.15) is 0 Å². The van der Waals surface area contributed by atoms with E-state index in [9.17, 15) is 0 Å². The van der Waals surface area contributed by atoms with Crippen LogP contribution >= 0.6 is 11.3 Å². The van der Waals surface area contributed by atoms with E-state index in [0.29, 0.717) is 0 Å². The van der Waals surface area contributed by atoms with Gasteiger partial charge in [0, 0.05) is 24.4 Å². The van der Waals surface area contributed by atoms with E-state index in [-0.39, 0.29) is 6.04 Å². The molecule has 1 saturated heterocycles. The van der Waals surface area contributed by atoms with Gasteiger partial charge in [0.15, 0.2) is 0 Å². The van der Waals surface area contributed by atoms with Gasteiger partial charge in [-0.15, -0.1) is 21.5 Å². The van der Waals surface area contributed by atoms with Crippen LogP contribution in [0.5, 0.6) is 0 Å². The van der Waals surface area contributed by atoms with E-state index < -0.39 is 0 Å². The van der Waals surface area contributed by atoms with Crippen molar-refractivity contribution in [3.05, 3.63) is 28.4 Å². The zero-order valence-corrected chi connectivity index (χ0v) is 13.5. The van der Waals surface area contributed by atoms with E-state index in [1.54, 1.807) is 11.3 Å². The summed E-state index contributed by atoms with van der Waals surface area (Å²) in [7, 11) is 0. The number of hydrogen-bond acceptors (Lipinski definition) is 6. The van der Waals surface area contributed by atoms with Crippen molar-refractivity contribution >= 4 is 11.3 Å². The Bertz CT molecular complexity index is 546. The maximum Gasteiger partial charge on any atom is 0.233 e. The van der Waals surface area contributed by atoms with Crippen LogP contribution in [0.15, 0.2) is 16.0 Å². The van der Waals surface area contributed by atoms with E-state index in [0.717, 1.165) is 43.6 Å². The normalized spacial score (nSPS) is 19.0. The maximum absolute atomic E-state index is 5.69. The minimum atomic E-state index is 0.221. The fourth-order valence-electron chi connectivity index (χ4n) is 2.88. The summed E-state index contributed by atoms with van der Waals surface area (Å²) in [4.78, 5) is 6.85. The Balaban J connectivity index is 1.52. The van der Waals surface area contributed by atoms with Gasteiger partial charge in [-0.2, -0.15) is 0 Å². The summed E-state index contributed by atoms with van der Waals surface area (Å²) < 4.78 is 5.69. The second-order valence-corrected chi connectivity index (χ2v) is 6.65. The molecule has 0 saturated carbocycles. The number of hydrogen-bond donors (Lipinski definition) is 0. The smallest absolute Gasteiger partial charge is 0.233 e. The monoisotopic (exact) mass is 306 g/mol. The van der Waals surface area contributed by atoms with Gasteiger partial charge in [-0.05, 0) is 38.8 Å². The van der Waals surface area contributed by atoms with Crippen LogP contribution in [0.3, 0.4) is 0 Å². The molecule has 0 radical (unpaired) electrons. The zero-order valence-electron chi connectivity index (χ0n) is 12.7. The lowest BCUT2D eigenvalue weighted by atomic mass is 9.93. The molecule has 0 amide bonds. The van der Waals surface area contributed by atoms with Crippen molar-refractivity contribution < 1.29 is 4.42 Å². The maximum atomic E-state index is 5.69. The Morgan fingerprint density at radius 3 is 2.81 bits per heavy atom. The van der Waals surface area contributed by atoms with Crippen molar-refractivity contribution in [3.8, 4) is 0 Å². The molecule has 5 nitrogen and oxygen atoms in total. The Morgan fingerprint density at radius 1 is 1.38 bits per heavy atom. The molecule has 0 aromatic carbocycles. The van der Waals surface area contributed by atoms with E-state index in [1.165, 1.54) is 17.8 Å². The van der Waals surface area contributed by atoms with Crippen molar-refractivity contribution in [2.24, 2.45) is 5.92 Å². The molecule has 6 heteroatoms. The third-order valence-electron chi connectivity index (χ3n) is 4.29. The molecule has 114 valence electrons. The average molecular weight is 306 g/mol. The van der Waals surface area contributed by atoms with Crippen LogP contribution in [0.2, 0.25) is 0 Å². The van der Waals surface area contributed by atoms with Crippen LogP contribution in [-0.4, -0.2) is 33.2 Å². The summed E-state index contributed by atoms with van der Waals surface area (Å²) in [5.41, 5.74) is 0. The Morgan fingerprint density at radius 2 is 2.19 bits per heavy atom. The molecule has 0 N–H and O–H groups in total. The fourth-order valence-corrected chi connectivity index (χ4v) is 3.61. The van der Waals surface area contributed by atoms with Gasteiger partial charge in [0.25, 0.3) is 0 Å². The highest BCUT2D eigenvalue weighted by atomic mass is 32.1. The number of aryl methyl sites for hydroxylation is 1. The summed E-state index contributed by atoms with van der Waals surface area (Å²) in [5.74, 6) is 2.24. The molecule has 2 aromatic heterocycles. The molecule has 1 unspecified atom stereocenters. The number of rotatable bonds is 5. The second-order valence-electron chi connectivity index (χ2n) is 5.67. The standard InChI is InChI=1S/C15H22N4OS/c1-3-13-17-18-15(20-13)11(2)19-7-4-12(5-8-19)10-14-16-6-9-21-14/h6,9,11-12H,3-5,7-8,10H2,1-2H3. The second kappa shape index (κ2) is 6.66. The minimum absolute atomic E-state index is 0.221. The van der Waals surface area contributed by atoms with Gasteiger partial charge >= 0.3 is 0 Å². The molecule has 3 heterocycles. The first-order chi connectivity index (χ1) is 10.3. The highest BCUT2D eigenvalue weighted by molar-refractivity contribution is 7.09. The summed E-state index contributed by atoms with van der Waals surface area (Å²) >= 11 is 1.77. The Hall–Kier alpha value is -1.27. The van der Waals surface area contributed by atoms with Crippen LogP contribution in [0.25, 0.3) is 0 Å². The molecule has 21 heavy (non-hydrogen) atoms.